The van der Waals surface area contributed by atoms with Crippen LogP contribution in [0.2, 0.25) is 0 Å². The Morgan fingerprint density at radius 3 is 2.26 bits per heavy atom. The third kappa shape index (κ3) is 4.19. The molecule has 2 saturated heterocycles. The van der Waals surface area contributed by atoms with E-state index in [2.05, 4.69) is 75.8 Å². The number of pyridine rings is 2. The largest absolute Gasteiger partial charge is 0.378 e. The second-order valence-electron chi connectivity index (χ2n) is 12.7. The van der Waals surface area contributed by atoms with Gasteiger partial charge in [-0.2, -0.15) is 5.10 Å². The monoisotopic (exact) mass is 553 g/mol. The molecule has 210 valence electrons. The number of morpholine rings is 1. The van der Waals surface area contributed by atoms with E-state index in [1.165, 1.54) is 54.4 Å². The summed E-state index contributed by atoms with van der Waals surface area (Å²) in [5.41, 5.74) is 11.9. The van der Waals surface area contributed by atoms with Gasteiger partial charge in [0, 0.05) is 52.6 Å². The van der Waals surface area contributed by atoms with E-state index in [-0.39, 0.29) is 0 Å². The second-order valence-corrected chi connectivity index (χ2v) is 12.7. The highest BCUT2D eigenvalue weighted by atomic mass is 16.5. The molecule has 3 fully saturated rings. The number of benzene rings is 2. The lowest BCUT2D eigenvalue weighted by atomic mass is 9.87. The molecule has 6 heteroatoms. The Balaban J connectivity index is 0.987. The molecule has 1 saturated carbocycles. The zero-order valence-corrected chi connectivity index (χ0v) is 23.8. The molecule has 2 aliphatic carbocycles. The molecular weight excluding hydrogens is 518 g/mol. The molecular formula is C36H35N5O. The molecule has 0 radical (unpaired) electrons. The summed E-state index contributed by atoms with van der Waals surface area (Å²) in [6, 6.07) is 24.3. The van der Waals surface area contributed by atoms with Crippen LogP contribution in [0.25, 0.3) is 44.7 Å². The van der Waals surface area contributed by atoms with Crippen LogP contribution in [0.5, 0.6) is 0 Å². The lowest BCUT2D eigenvalue weighted by molar-refractivity contribution is -0.148. The van der Waals surface area contributed by atoms with Crippen molar-refractivity contribution in [3.8, 4) is 33.6 Å². The minimum atomic E-state index is 0.652. The van der Waals surface area contributed by atoms with Gasteiger partial charge in [-0.25, -0.2) is 4.98 Å². The normalized spacial score (nSPS) is 23.8. The summed E-state index contributed by atoms with van der Waals surface area (Å²) < 4.78 is 5.75. The predicted octanol–water partition coefficient (Wildman–Crippen LogP) is 6.95. The summed E-state index contributed by atoms with van der Waals surface area (Å²) in [5, 5.41) is 8.90. The zero-order valence-electron chi connectivity index (χ0n) is 23.8. The van der Waals surface area contributed by atoms with E-state index in [4.69, 9.17) is 14.7 Å². The molecule has 5 heterocycles. The molecule has 5 aromatic rings. The van der Waals surface area contributed by atoms with Crippen LogP contribution in [0.1, 0.15) is 54.7 Å². The maximum Gasteiger partial charge on any atom is 0.155 e. The molecule has 3 atom stereocenters. The molecule has 2 aliphatic heterocycles. The topological polar surface area (TPSA) is 66.9 Å². The van der Waals surface area contributed by atoms with Crippen molar-refractivity contribution in [1.82, 2.24) is 25.1 Å². The van der Waals surface area contributed by atoms with Crippen LogP contribution in [-0.4, -0.2) is 56.4 Å². The van der Waals surface area contributed by atoms with Gasteiger partial charge in [0.2, 0.25) is 0 Å². The fourth-order valence-corrected chi connectivity index (χ4v) is 7.78. The van der Waals surface area contributed by atoms with Gasteiger partial charge in [-0.3, -0.25) is 15.0 Å². The van der Waals surface area contributed by atoms with E-state index >= 15 is 0 Å². The van der Waals surface area contributed by atoms with Crippen molar-refractivity contribution in [3.63, 3.8) is 0 Å². The van der Waals surface area contributed by atoms with Crippen LogP contribution >= 0.6 is 0 Å². The second kappa shape index (κ2) is 9.85. The SMILES string of the molecule is c1cnc(-c2ccc(-c3n[nH]c4ncc(-c5ccc6c(c5)CC[C@@H](N5C7COCC5C7)CC6)cc34)cc2)c(C2CC2)c1. The summed E-state index contributed by atoms with van der Waals surface area (Å²) in [6.45, 7) is 1.84. The molecule has 42 heavy (non-hydrogen) atoms. The molecule has 9 rings (SSSR count). The van der Waals surface area contributed by atoms with E-state index in [0.29, 0.717) is 24.0 Å². The fraction of sp³-hybridized carbons (Fsp3) is 0.361. The minimum Gasteiger partial charge on any atom is -0.378 e. The van der Waals surface area contributed by atoms with Gasteiger partial charge in [0.05, 0.1) is 18.9 Å². The maximum atomic E-state index is 5.75. The van der Waals surface area contributed by atoms with Gasteiger partial charge >= 0.3 is 0 Å². The number of aromatic nitrogens is 4. The molecule has 0 spiro atoms. The van der Waals surface area contributed by atoms with Gasteiger partial charge in [-0.15, -0.1) is 0 Å². The molecule has 6 nitrogen and oxygen atoms in total. The van der Waals surface area contributed by atoms with Gasteiger partial charge < -0.3 is 4.74 Å². The first-order valence-electron chi connectivity index (χ1n) is 15.7. The Morgan fingerprint density at radius 1 is 0.714 bits per heavy atom. The maximum absolute atomic E-state index is 5.75. The lowest BCUT2D eigenvalue weighted by Gasteiger charge is -2.56. The first kappa shape index (κ1) is 24.7. The lowest BCUT2D eigenvalue weighted by Crippen LogP contribution is -2.66. The number of hydrogen-bond donors (Lipinski definition) is 1. The summed E-state index contributed by atoms with van der Waals surface area (Å²) in [7, 11) is 0. The van der Waals surface area contributed by atoms with Crippen LogP contribution in [0.15, 0.2) is 73.1 Å². The predicted molar refractivity (Wildman–Crippen MR) is 165 cm³/mol. The van der Waals surface area contributed by atoms with Crippen molar-refractivity contribution in [2.45, 2.75) is 69.0 Å². The van der Waals surface area contributed by atoms with Gasteiger partial charge in [-0.05, 0) is 85.3 Å². The quantitative estimate of drug-likeness (QED) is 0.239. The first-order chi connectivity index (χ1) is 20.8. The molecule has 0 amide bonds. The van der Waals surface area contributed by atoms with Crippen LogP contribution < -0.4 is 0 Å². The van der Waals surface area contributed by atoms with Crippen molar-refractivity contribution in [3.05, 3.63) is 89.7 Å². The highest BCUT2D eigenvalue weighted by molar-refractivity contribution is 5.93. The molecule has 2 unspecified atom stereocenters. The summed E-state index contributed by atoms with van der Waals surface area (Å²) in [5.74, 6) is 0.665. The van der Waals surface area contributed by atoms with Crippen molar-refractivity contribution in [1.29, 1.82) is 0 Å². The smallest absolute Gasteiger partial charge is 0.155 e. The number of nitrogens with zero attached hydrogens (tertiary/aromatic N) is 4. The number of hydrogen-bond acceptors (Lipinski definition) is 5. The van der Waals surface area contributed by atoms with E-state index in [9.17, 15) is 0 Å². The summed E-state index contributed by atoms with van der Waals surface area (Å²) >= 11 is 0. The number of aryl methyl sites for hydroxylation is 2. The van der Waals surface area contributed by atoms with Gasteiger partial charge in [0.1, 0.15) is 5.69 Å². The fourth-order valence-electron chi connectivity index (χ4n) is 7.78. The minimum absolute atomic E-state index is 0.652. The number of aromatic amines is 1. The standard InChI is InChI=1S/C36H35N5O/c1-2-32(23-4-5-23)34(37-15-1)24-6-8-25(9-7-24)35-33-17-28(19-38-36(33)40-39-35)27-10-3-22-11-13-29(14-12-26(22)16-27)41-30-18-31(41)21-42-20-30/h1-3,6-10,15-17,19,23,29-31H,4-5,11-14,18,20-21H2,(H,38,39,40)/t29-,30?,31?/m0/s1. The highest BCUT2D eigenvalue weighted by Gasteiger charge is 2.45. The van der Waals surface area contributed by atoms with E-state index < -0.39 is 0 Å². The Labute approximate surface area is 246 Å². The third-order valence-electron chi connectivity index (χ3n) is 10.2. The Bertz CT molecular complexity index is 1770. The average molecular weight is 554 g/mol. The van der Waals surface area contributed by atoms with Crippen LogP contribution in [0.4, 0.5) is 0 Å². The third-order valence-corrected chi connectivity index (χ3v) is 10.2. The number of H-pyrrole nitrogens is 1. The Hall–Kier alpha value is -3.87. The zero-order chi connectivity index (χ0) is 27.6. The van der Waals surface area contributed by atoms with Crippen molar-refractivity contribution in [2.24, 2.45) is 0 Å². The van der Waals surface area contributed by atoms with Gasteiger partial charge in [0.15, 0.2) is 5.65 Å². The molecule has 2 aromatic carbocycles. The van der Waals surface area contributed by atoms with Crippen LogP contribution in [0.3, 0.4) is 0 Å². The number of nitrogens with one attached hydrogen (secondary N) is 1. The first-order valence-corrected chi connectivity index (χ1v) is 15.7. The van der Waals surface area contributed by atoms with Crippen molar-refractivity contribution >= 4 is 11.0 Å². The summed E-state index contributed by atoms with van der Waals surface area (Å²) in [6.07, 6.45) is 12.5. The van der Waals surface area contributed by atoms with Crippen LogP contribution in [-0.2, 0) is 17.6 Å². The molecule has 2 bridgehead atoms. The van der Waals surface area contributed by atoms with Gasteiger partial charge in [0.25, 0.3) is 0 Å². The van der Waals surface area contributed by atoms with E-state index in [1.807, 2.05) is 12.4 Å². The van der Waals surface area contributed by atoms with Crippen LogP contribution in [0, 0.1) is 0 Å². The molecule has 4 aliphatic rings. The Kier molecular flexibility index (Phi) is 5.80. The van der Waals surface area contributed by atoms with Crippen molar-refractivity contribution in [2.75, 3.05) is 13.2 Å². The number of fused-ring (bicyclic) bond motifs is 4. The van der Waals surface area contributed by atoms with Crippen molar-refractivity contribution < 1.29 is 4.74 Å². The van der Waals surface area contributed by atoms with E-state index in [1.54, 1.807) is 0 Å². The van der Waals surface area contributed by atoms with E-state index in [0.717, 1.165) is 65.2 Å². The Morgan fingerprint density at radius 2 is 1.48 bits per heavy atom. The average Bonchev–Trinajstić information content (AvgIpc) is 3.84. The highest BCUT2D eigenvalue weighted by Crippen LogP contribution is 2.44. The molecule has 1 N–H and O–H groups in total. The van der Waals surface area contributed by atoms with Gasteiger partial charge in [-0.1, -0.05) is 48.5 Å². The number of rotatable bonds is 5. The molecule has 3 aromatic heterocycles. The number of ether oxygens (including phenoxy) is 1. The summed E-state index contributed by atoms with van der Waals surface area (Å²) in [4.78, 5) is 12.3.